The first-order valence-electron chi connectivity index (χ1n) is 7.86. The Bertz CT molecular complexity index is 710. The quantitative estimate of drug-likeness (QED) is 0.869. The first-order valence-corrected chi connectivity index (χ1v) is 7.86. The molecule has 0 saturated heterocycles. The Morgan fingerprint density at radius 2 is 2.30 bits per heavy atom. The molecule has 0 unspecified atom stereocenters. The molecule has 1 N–H and O–H groups in total. The second-order valence-electron chi connectivity index (χ2n) is 5.99. The third-order valence-electron chi connectivity index (χ3n) is 3.68. The average Bonchev–Trinajstić information content (AvgIpc) is 2.86. The van der Waals surface area contributed by atoms with Crippen molar-refractivity contribution < 1.29 is 9.53 Å². The zero-order chi connectivity index (χ0) is 16.4. The zero-order valence-electron chi connectivity index (χ0n) is 13.6. The maximum atomic E-state index is 12.2. The Balaban J connectivity index is 1.75. The van der Waals surface area contributed by atoms with E-state index in [9.17, 15) is 4.79 Å². The van der Waals surface area contributed by atoms with Gasteiger partial charge in [-0.1, -0.05) is 0 Å². The molecule has 0 bridgehead atoms. The normalized spacial score (nSPS) is 17.0. The molecule has 2 aromatic rings. The number of nitrogens with zero attached hydrogens (tertiary/aromatic N) is 4. The molecule has 0 fully saturated rings. The lowest BCUT2D eigenvalue weighted by Crippen LogP contribution is -2.33. The number of ether oxygens (including phenoxy) is 1. The Morgan fingerprint density at radius 3 is 3.09 bits per heavy atom. The monoisotopic (exact) mass is 315 g/mol. The summed E-state index contributed by atoms with van der Waals surface area (Å²) in [6.45, 7) is 6.27. The standard InChI is InChI=1S/C16H21N5O2/c1-10(2)23-16(22)13-5-4-8-17-15(13)19-12-6-7-14-18-11(3)20-21(14)9-12/h4-5,8,10,12H,6-7,9H2,1-3H3,(H,17,19)/t12-/m1/s1. The average molecular weight is 315 g/mol. The van der Waals surface area contributed by atoms with Crippen molar-refractivity contribution in [3.05, 3.63) is 35.5 Å². The maximum Gasteiger partial charge on any atom is 0.342 e. The number of aromatic nitrogens is 4. The molecule has 0 aliphatic carbocycles. The highest BCUT2D eigenvalue weighted by atomic mass is 16.5. The fraction of sp³-hybridized carbons (Fsp3) is 0.500. The zero-order valence-corrected chi connectivity index (χ0v) is 13.6. The largest absolute Gasteiger partial charge is 0.459 e. The van der Waals surface area contributed by atoms with Crippen molar-refractivity contribution in [1.82, 2.24) is 19.7 Å². The third-order valence-corrected chi connectivity index (χ3v) is 3.68. The molecule has 7 nitrogen and oxygen atoms in total. The fourth-order valence-corrected chi connectivity index (χ4v) is 2.71. The smallest absolute Gasteiger partial charge is 0.342 e. The van der Waals surface area contributed by atoms with Gasteiger partial charge in [0, 0.05) is 18.7 Å². The minimum absolute atomic E-state index is 0.157. The molecule has 0 spiro atoms. The van der Waals surface area contributed by atoms with Gasteiger partial charge in [-0.25, -0.2) is 19.4 Å². The molecule has 1 atom stereocenters. The molecule has 1 aliphatic rings. The highest BCUT2D eigenvalue weighted by Gasteiger charge is 2.23. The number of hydrogen-bond acceptors (Lipinski definition) is 6. The summed E-state index contributed by atoms with van der Waals surface area (Å²) in [7, 11) is 0. The minimum atomic E-state index is -0.358. The van der Waals surface area contributed by atoms with Gasteiger partial charge in [0.1, 0.15) is 23.0 Å². The molecule has 0 aromatic carbocycles. The van der Waals surface area contributed by atoms with Crippen LogP contribution in [0.5, 0.6) is 0 Å². The number of carbonyl (C=O) groups is 1. The number of esters is 1. The van der Waals surface area contributed by atoms with Crippen molar-refractivity contribution >= 4 is 11.8 Å². The summed E-state index contributed by atoms with van der Waals surface area (Å²) in [5.74, 6) is 2.01. The second-order valence-corrected chi connectivity index (χ2v) is 5.99. The summed E-state index contributed by atoms with van der Waals surface area (Å²) in [6.07, 6.45) is 3.29. The lowest BCUT2D eigenvalue weighted by atomic mass is 10.1. The third kappa shape index (κ3) is 3.49. The van der Waals surface area contributed by atoms with Gasteiger partial charge in [-0.15, -0.1) is 0 Å². The Hall–Kier alpha value is -2.44. The van der Waals surface area contributed by atoms with Gasteiger partial charge in [0.15, 0.2) is 0 Å². The summed E-state index contributed by atoms with van der Waals surface area (Å²) in [5.41, 5.74) is 0.460. The van der Waals surface area contributed by atoms with Gasteiger partial charge >= 0.3 is 5.97 Å². The number of rotatable bonds is 4. The highest BCUT2D eigenvalue weighted by molar-refractivity contribution is 5.94. The van der Waals surface area contributed by atoms with Crippen LogP contribution in [0.15, 0.2) is 18.3 Å². The van der Waals surface area contributed by atoms with E-state index in [2.05, 4.69) is 20.4 Å². The Kier molecular flexibility index (Phi) is 4.27. The number of pyridine rings is 1. The van der Waals surface area contributed by atoms with E-state index in [-0.39, 0.29) is 18.1 Å². The van der Waals surface area contributed by atoms with Gasteiger partial charge in [0.2, 0.25) is 0 Å². The first-order chi connectivity index (χ1) is 11.0. The number of fused-ring (bicyclic) bond motifs is 1. The van der Waals surface area contributed by atoms with Gasteiger partial charge in [0.05, 0.1) is 12.6 Å². The van der Waals surface area contributed by atoms with E-state index in [1.807, 2.05) is 25.5 Å². The van der Waals surface area contributed by atoms with E-state index in [4.69, 9.17) is 4.74 Å². The SMILES string of the molecule is Cc1nc2n(n1)C[C@H](Nc1ncccc1C(=O)OC(C)C)CC2. The van der Waals surface area contributed by atoms with E-state index in [0.717, 1.165) is 24.5 Å². The van der Waals surface area contributed by atoms with Crippen LogP contribution in [0.3, 0.4) is 0 Å². The number of hydrogen-bond donors (Lipinski definition) is 1. The van der Waals surface area contributed by atoms with Crippen molar-refractivity contribution in [3.63, 3.8) is 0 Å². The van der Waals surface area contributed by atoms with E-state index in [1.54, 1.807) is 18.3 Å². The number of aryl methyl sites for hydroxylation is 2. The molecular formula is C16H21N5O2. The van der Waals surface area contributed by atoms with Crippen molar-refractivity contribution in [3.8, 4) is 0 Å². The number of anilines is 1. The van der Waals surface area contributed by atoms with Gasteiger partial charge < -0.3 is 10.1 Å². The molecule has 2 aromatic heterocycles. The second kappa shape index (κ2) is 6.36. The molecule has 0 amide bonds. The summed E-state index contributed by atoms with van der Waals surface area (Å²) in [5, 5.41) is 7.75. The Labute approximate surface area is 135 Å². The molecule has 23 heavy (non-hydrogen) atoms. The van der Waals surface area contributed by atoms with Gasteiger partial charge in [-0.2, -0.15) is 5.10 Å². The van der Waals surface area contributed by atoms with Gasteiger partial charge in [-0.3, -0.25) is 0 Å². The molecule has 0 saturated carbocycles. The molecule has 122 valence electrons. The minimum Gasteiger partial charge on any atom is -0.459 e. The van der Waals surface area contributed by atoms with Crippen molar-refractivity contribution in [2.45, 2.75) is 52.3 Å². The summed E-state index contributed by atoms with van der Waals surface area (Å²) in [4.78, 5) is 20.9. The topological polar surface area (TPSA) is 81.9 Å². The van der Waals surface area contributed by atoms with E-state index >= 15 is 0 Å². The summed E-state index contributed by atoms with van der Waals surface area (Å²) in [6, 6.07) is 3.62. The lowest BCUT2D eigenvalue weighted by Gasteiger charge is -2.24. The predicted octanol–water partition coefficient (Wildman–Crippen LogP) is 1.97. The van der Waals surface area contributed by atoms with E-state index in [1.165, 1.54) is 0 Å². The molecular weight excluding hydrogens is 294 g/mol. The van der Waals surface area contributed by atoms with Crippen LogP contribution in [-0.4, -0.2) is 37.9 Å². The predicted molar refractivity (Wildman–Crippen MR) is 85.3 cm³/mol. The van der Waals surface area contributed by atoms with Crippen molar-refractivity contribution in [2.24, 2.45) is 0 Å². The van der Waals surface area contributed by atoms with E-state index < -0.39 is 0 Å². The van der Waals surface area contributed by atoms with Crippen LogP contribution in [0.4, 0.5) is 5.82 Å². The van der Waals surface area contributed by atoms with Crippen LogP contribution >= 0.6 is 0 Å². The molecule has 1 aliphatic heterocycles. The van der Waals surface area contributed by atoms with Crippen LogP contribution in [0.1, 0.15) is 42.3 Å². The van der Waals surface area contributed by atoms with Gasteiger partial charge in [0.25, 0.3) is 0 Å². The molecule has 3 heterocycles. The highest BCUT2D eigenvalue weighted by Crippen LogP contribution is 2.20. The van der Waals surface area contributed by atoms with Crippen LogP contribution in [-0.2, 0) is 17.7 Å². The Morgan fingerprint density at radius 1 is 1.48 bits per heavy atom. The molecule has 3 rings (SSSR count). The fourth-order valence-electron chi connectivity index (χ4n) is 2.71. The molecule has 0 radical (unpaired) electrons. The summed E-state index contributed by atoms with van der Waals surface area (Å²) < 4.78 is 7.20. The van der Waals surface area contributed by atoms with E-state index in [0.29, 0.717) is 17.9 Å². The van der Waals surface area contributed by atoms with Crippen LogP contribution in [0, 0.1) is 6.92 Å². The van der Waals surface area contributed by atoms with Crippen LogP contribution in [0.2, 0.25) is 0 Å². The maximum absolute atomic E-state index is 12.2. The van der Waals surface area contributed by atoms with Crippen molar-refractivity contribution in [2.75, 3.05) is 5.32 Å². The van der Waals surface area contributed by atoms with Crippen LogP contribution < -0.4 is 5.32 Å². The van der Waals surface area contributed by atoms with Crippen molar-refractivity contribution in [1.29, 1.82) is 0 Å². The van der Waals surface area contributed by atoms with Crippen LogP contribution in [0.25, 0.3) is 0 Å². The van der Waals surface area contributed by atoms with Gasteiger partial charge in [-0.05, 0) is 39.3 Å². The lowest BCUT2D eigenvalue weighted by molar-refractivity contribution is 0.0378. The number of nitrogens with one attached hydrogen (secondary N) is 1. The molecule has 7 heteroatoms. The first kappa shape index (κ1) is 15.5. The number of carbonyl (C=O) groups excluding carboxylic acids is 1. The summed E-state index contributed by atoms with van der Waals surface area (Å²) >= 11 is 0.